The van der Waals surface area contributed by atoms with E-state index in [1.807, 2.05) is 0 Å². The molecule has 0 aromatic rings. The molecule has 1 saturated heterocycles. The fourth-order valence-electron chi connectivity index (χ4n) is 2.34. The molecule has 2 aliphatic rings. The molecular formula is C12H20N2O3. The van der Waals surface area contributed by atoms with Gasteiger partial charge in [0.25, 0.3) is 0 Å². The first-order valence-electron chi connectivity index (χ1n) is 6.46. The van der Waals surface area contributed by atoms with Crippen molar-refractivity contribution in [2.24, 2.45) is 0 Å². The lowest BCUT2D eigenvalue weighted by Gasteiger charge is -2.25. The number of carbonyl (C=O) groups is 2. The van der Waals surface area contributed by atoms with E-state index in [1.54, 1.807) is 0 Å². The van der Waals surface area contributed by atoms with E-state index in [0.29, 0.717) is 6.54 Å². The molecule has 0 aromatic carbocycles. The maximum absolute atomic E-state index is 11.8. The van der Waals surface area contributed by atoms with Gasteiger partial charge in [-0.2, -0.15) is 0 Å². The lowest BCUT2D eigenvalue weighted by atomic mass is 10.1. The van der Waals surface area contributed by atoms with Gasteiger partial charge in [-0.3, -0.25) is 14.9 Å². The van der Waals surface area contributed by atoms with Crippen molar-refractivity contribution in [3.8, 4) is 0 Å². The molecule has 96 valence electrons. The van der Waals surface area contributed by atoms with Crippen LogP contribution < -0.4 is 10.6 Å². The van der Waals surface area contributed by atoms with Crippen molar-refractivity contribution in [1.29, 1.82) is 0 Å². The third-order valence-electron chi connectivity index (χ3n) is 3.38. The van der Waals surface area contributed by atoms with Gasteiger partial charge in [0.05, 0.1) is 6.54 Å². The van der Waals surface area contributed by atoms with Crippen molar-refractivity contribution in [2.75, 3.05) is 13.1 Å². The molecule has 0 aromatic heterocycles. The molecule has 1 amide bonds. The van der Waals surface area contributed by atoms with Crippen molar-refractivity contribution >= 4 is 11.9 Å². The highest BCUT2D eigenvalue weighted by Gasteiger charge is 2.27. The smallest absolute Gasteiger partial charge is 0.325 e. The summed E-state index contributed by atoms with van der Waals surface area (Å²) in [5, 5.41) is 5.55. The molecule has 0 spiro atoms. The monoisotopic (exact) mass is 240 g/mol. The van der Waals surface area contributed by atoms with Gasteiger partial charge in [0, 0.05) is 6.54 Å². The van der Waals surface area contributed by atoms with Crippen molar-refractivity contribution in [3.05, 3.63) is 0 Å². The van der Waals surface area contributed by atoms with E-state index in [-0.39, 0.29) is 30.6 Å². The highest BCUT2D eigenvalue weighted by Crippen LogP contribution is 2.20. The minimum atomic E-state index is -0.379. The van der Waals surface area contributed by atoms with E-state index in [0.717, 1.165) is 25.7 Å². The number of esters is 1. The van der Waals surface area contributed by atoms with Crippen LogP contribution in [0.3, 0.4) is 0 Å². The Bertz CT molecular complexity index is 275. The molecule has 0 radical (unpaired) electrons. The zero-order chi connectivity index (χ0) is 12.1. The Morgan fingerprint density at radius 3 is 2.47 bits per heavy atom. The minimum Gasteiger partial charge on any atom is -0.461 e. The van der Waals surface area contributed by atoms with Crippen LogP contribution >= 0.6 is 0 Å². The quantitative estimate of drug-likeness (QED) is 0.539. The van der Waals surface area contributed by atoms with Gasteiger partial charge in [-0.25, -0.2) is 0 Å². The van der Waals surface area contributed by atoms with Gasteiger partial charge in [-0.15, -0.1) is 0 Å². The average molecular weight is 240 g/mol. The Morgan fingerprint density at radius 1 is 1.18 bits per heavy atom. The molecule has 1 aliphatic heterocycles. The third-order valence-corrected chi connectivity index (χ3v) is 3.38. The summed E-state index contributed by atoms with van der Waals surface area (Å²) in [4.78, 5) is 22.8. The van der Waals surface area contributed by atoms with E-state index >= 15 is 0 Å². The zero-order valence-corrected chi connectivity index (χ0v) is 10.0. The second-order valence-corrected chi connectivity index (χ2v) is 4.79. The average Bonchev–Trinajstić information content (AvgIpc) is 2.58. The van der Waals surface area contributed by atoms with Crippen molar-refractivity contribution in [3.63, 3.8) is 0 Å². The summed E-state index contributed by atoms with van der Waals surface area (Å²) in [5.41, 5.74) is 0. The molecule has 2 fully saturated rings. The number of hydrogen-bond donors (Lipinski definition) is 2. The predicted octanol–water partition coefficient (Wildman–Crippen LogP) is 0.340. The lowest BCUT2D eigenvalue weighted by Crippen LogP contribution is -2.56. The summed E-state index contributed by atoms with van der Waals surface area (Å²) in [6, 6.07) is -0.379. The van der Waals surface area contributed by atoms with Gasteiger partial charge in [-0.1, -0.05) is 12.8 Å². The fourth-order valence-corrected chi connectivity index (χ4v) is 2.34. The van der Waals surface area contributed by atoms with Gasteiger partial charge in [0.1, 0.15) is 12.1 Å². The minimum absolute atomic E-state index is 0.0662. The van der Waals surface area contributed by atoms with Crippen LogP contribution in [0.1, 0.15) is 38.5 Å². The molecule has 1 atom stereocenters. The van der Waals surface area contributed by atoms with E-state index in [4.69, 9.17) is 4.74 Å². The third kappa shape index (κ3) is 3.70. The first-order chi connectivity index (χ1) is 8.25. The summed E-state index contributed by atoms with van der Waals surface area (Å²) in [6.07, 6.45) is 6.80. The van der Waals surface area contributed by atoms with Gasteiger partial charge in [0.15, 0.2) is 0 Å². The van der Waals surface area contributed by atoms with Crippen molar-refractivity contribution in [2.45, 2.75) is 50.7 Å². The molecule has 1 aliphatic carbocycles. The molecule has 0 bridgehead atoms. The fraction of sp³-hybridized carbons (Fsp3) is 0.833. The zero-order valence-electron chi connectivity index (χ0n) is 10.0. The molecule has 2 N–H and O–H groups in total. The second-order valence-electron chi connectivity index (χ2n) is 4.79. The lowest BCUT2D eigenvalue weighted by molar-refractivity contribution is -0.152. The maximum Gasteiger partial charge on any atom is 0.325 e. The molecule has 17 heavy (non-hydrogen) atoms. The van der Waals surface area contributed by atoms with E-state index in [2.05, 4.69) is 10.6 Å². The van der Waals surface area contributed by atoms with E-state index in [9.17, 15) is 9.59 Å². The number of rotatable bonds is 2. The number of carbonyl (C=O) groups excluding carboxylic acids is 2. The van der Waals surface area contributed by atoms with Crippen LogP contribution in [0.15, 0.2) is 0 Å². The number of piperazine rings is 1. The highest BCUT2D eigenvalue weighted by molar-refractivity contribution is 5.83. The second kappa shape index (κ2) is 6.00. The molecule has 1 heterocycles. The van der Waals surface area contributed by atoms with E-state index in [1.165, 1.54) is 12.8 Å². The summed E-state index contributed by atoms with van der Waals surface area (Å²) < 4.78 is 5.49. The van der Waals surface area contributed by atoms with Crippen molar-refractivity contribution < 1.29 is 14.3 Å². The number of ether oxygens (including phenoxy) is 1. The molecule has 2 rings (SSSR count). The van der Waals surface area contributed by atoms with Gasteiger partial charge < -0.3 is 10.1 Å². The SMILES string of the molecule is O=C1CNC(C(=O)OC2CCCCCC2)CN1. The Labute approximate surface area is 101 Å². The van der Waals surface area contributed by atoms with Gasteiger partial charge in [-0.05, 0) is 25.7 Å². The molecule has 1 saturated carbocycles. The number of amides is 1. The molecule has 1 unspecified atom stereocenters. The normalized spacial score (nSPS) is 27.1. The van der Waals surface area contributed by atoms with Gasteiger partial charge in [0.2, 0.25) is 5.91 Å². The van der Waals surface area contributed by atoms with Crippen LogP contribution in [0.25, 0.3) is 0 Å². The maximum atomic E-state index is 11.8. The van der Waals surface area contributed by atoms with Crippen LogP contribution in [0.4, 0.5) is 0 Å². The van der Waals surface area contributed by atoms with Crippen molar-refractivity contribution in [1.82, 2.24) is 10.6 Å². The van der Waals surface area contributed by atoms with Crippen LogP contribution in [0, 0.1) is 0 Å². The Morgan fingerprint density at radius 2 is 1.88 bits per heavy atom. The standard InChI is InChI=1S/C12H20N2O3/c15-11-8-13-10(7-14-11)12(16)17-9-5-3-1-2-4-6-9/h9-10,13H,1-8H2,(H,14,15). The predicted molar refractivity (Wildman–Crippen MR) is 62.4 cm³/mol. The molecule has 5 nitrogen and oxygen atoms in total. The summed E-state index contributed by atoms with van der Waals surface area (Å²) >= 11 is 0. The Hall–Kier alpha value is -1.10. The van der Waals surface area contributed by atoms with Crippen LogP contribution in [0.5, 0.6) is 0 Å². The number of nitrogens with one attached hydrogen (secondary N) is 2. The van der Waals surface area contributed by atoms with Crippen LogP contribution in [-0.4, -0.2) is 37.1 Å². The largest absolute Gasteiger partial charge is 0.461 e. The highest BCUT2D eigenvalue weighted by atomic mass is 16.5. The molecule has 5 heteroatoms. The van der Waals surface area contributed by atoms with Gasteiger partial charge >= 0.3 is 5.97 Å². The summed E-state index contributed by atoms with van der Waals surface area (Å²) in [5.74, 6) is -0.291. The van der Waals surface area contributed by atoms with Crippen LogP contribution in [-0.2, 0) is 14.3 Å². The molecular weight excluding hydrogens is 220 g/mol. The Balaban J connectivity index is 1.77. The van der Waals surface area contributed by atoms with Crippen LogP contribution in [0.2, 0.25) is 0 Å². The summed E-state index contributed by atoms with van der Waals surface area (Å²) in [6.45, 7) is 0.537. The number of hydrogen-bond acceptors (Lipinski definition) is 4. The van der Waals surface area contributed by atoms with E-state index < -0.39 is 0 Å². The first-order valence-corrected chi connectivity index (χ1v) is 6.46. The Kier molecular flexibility index (Phi) is 4.36. The topological polar surface area (TPSA) is 67.4 Å². The first kappa shape index (κ1) is 12.4. The summed E-state index contributed by atoms with van der Waals surface area (Å²) in [7, 11) is 0.